The smallest absolute Gasteiger partial charge is 0.127 e. The minimum atomic E-state index is -0.0344. The topological polar surface area (TPSA) is 18.5 Å². The van der Waals surface area contributed by atoms with E-state index in [1.807, 2.05) is 0 Å². The fraction of sp³-hybridized carbons (Fsp3) is 0.226. The summed E-state index contributed by atoms with van der Waals surface area (Å²) in [5.74, 6) is 0.915. The normalized spacial score (nSPS) is 16.2. The Balaban J connectivity index is 1.78. The van der Waals surface area contributed by atoms with Gasteiger partial charge >= 0.3 is 0 Å². The van der Waals surface area contributed by atoms with Crippen LogP contribution in [0.3, 0.4) is 0 Å². The van der Waals surface area contributed by atoms with E-state index in [1.54, 1.807) is 7.11 Å². The van der Waals surface area contributed by atoms with E-state index >= 15 is 0 Å². The van der Waals surface area contributed by atoms with Crippen LogP contribution in [0.25, 0.3) is 33.4 Å². The van der Waals surface area contributed by atoms with Gasteiger partial charge in [0.2, 0.25) is 0 Å². The Morgan fingerprint density at radius 2 is 1.52 bits per heavy atom. The molecule has 1 atom stereocenters. The zero-order valence-corrected chi connectivity index (χ0v) is 19.4. The maximum absolute atomic E-state index is 6.46. The SMILES string of the molecule is COc1cccc2c1-c1c3c(cc(-c4ccc(C)cc4)c1[C@H](C)OC2)CCc1ccccc1-3. The molecule has 0 amide bonds. The van der Waals surface area contributed by atoms with Crippen molar-refractivity contribution in [2.24, 2.45) is 0 Å². The van der Waals surface area contributed by atoms with E-state index in [2.05, 4.69) is 86.6 Å². The molecule has 0 spiro atoms. The largest absolute Gasteiger partial charge is 0.496 e. The summed E-state index contributed by atoms with van der Waals surface area (Å²) in [6, 6.07) is 26.5. The van der Waals surface area contributed by atoms with Crippen LogP contribution in [0, 0.1) is 6.92 Å². The number of methoxy groups -OCH3 is 1. The van der Waals surface area contributed by atoms with Crippen LogP contribution < -0.4 is 4.74 Å². The molecule has 164 valence electrons. The predicted molar refractivity (Wildman–Crippen MR) is 135 cm³/mol. The van der Waals surface area contributed by atoms with Crippen molar-refractivity contribution in [3.05, 3.63) is 101 Å². The van der Waals surface area contributed by atoms with Crippen molar-refractivity contribution in [3.63, 3.8) is 0 Å². The number of rotatable bonds is 2. The van der Waals surface area contributed by atoms with E-state index in [0.29, 0.717) is 6.61 Å². The summed E-state index contributed by atoms with van der Waals surface area (Å²) in [6.07, 6.45) is 2.08. The van der Waals surface area contributed by atoms with E-state index in [9.17, 15) is 0 Å². The quantitative estimate of drug-likeness (QED) is 0.323. The third-order valence-electron chi connectivity index (χ3n) is 7.24. The Morgan fingerprint density at radius 1 is 0.758 bits per heavy atom. The molecule has 0 radical (unpaired) electrons. The highest BCUT2D eigenvalue weighted by atomic mass is 16.5. The van der Waals surface area contributed by atoms with Gasteiger partial charge in [-0.1, -0.05) is 72.3 Å². The molecule has 1 aliphatic heterocycles. The molecule has 1 aliphatic carbocycles. The second-order valence-electron chi connectivity index (χ2n) is 9.22. The minimum Gasteiger partial charge on any atom is -0.496 e. The molecule has 2 aliphatic rings. The molecule has 2 heteroatoms. The van der Waals surface area contributed by atoms with Gasteiger partial charge < -0.3 is 9.47 Å². The predicted octanol–water partition coefficient (Wildman–Crippen LogP) is 7.69. The van der Waals surface area contributed by atoms with Crippen LogP contribution in [0.5, 0.6) is 5.75 Å². The van der Waals surface area contributed by atoms with Crippen LogP contribution in [0.2, 0.25) is 0 Å². The summed E-state index contributed by atoms with van der Waals surface area (Å²) in [7, 11) is 1.77. The van der Waals surface area contributed by atoms with Crippen molar-refractivity contribution in [2.75, 3.05) is 7.11 Å². The molecule has 4 aromatic rings. The third kappa shape index (κ3) is 3.20. The van der Waals surface area contributed by atoms with Crippen LogP contribution in [0.4, 0.5) is 0 Å². The minimum absolute atomic E-state index is 0.0344. The first-order valence-electron chi connectivity index (χ1n) is 11.8. The Kier molecular flexibility index (Phi) is 4.85. The average Bonchev–Trinajstić information content (AvgIpc) is 3.00. The molecule has 0 aromatic heterocycles. The van der Waals surface area contributed by atoms with Gasteiger partial charge in [0.1, 0.15) is 5.75 Å². The van der Waals surface area contributed by atoms with Crippen LogP contribution in [0.15, 0.2) is 72.8 Å². The number of hydrogen-bond acceptors (Lipinski definition) is 2. The molecule has 0 bridgehead atoms. The van der Waals surface area contributed by atoms with Crippen LogP contribution in [-0.2, 0) is 24.2 Å². The molecular formula is C31H28O2. The standard InChI is InChI=1S/C31H28O2/c1-19-11-13-22(14-12-19)26-17-23-16-15-21-7-4-5-9-25(21)29(23)31-28(26)20(2)33-18-24-8-6-10-27(32-3)30(24)31/h4-14,17,20H,15-16,18H2,1-3H3/t20-/m0/s1. The molecule has 6 rings (SSSR count). The van der Waals surface area contributed by atoms with Gasteiger partial charge in [-0.05, 0) is 77.3 Å². The second kappa shape index (κ2) is 7.90. The highest BCUT2D eigenvalue weighted by molar-refractivity contribution is 5.97. The molecule has 0 unspecified atom stereocenters. The molecule has 1 heterocycles. The van der Waals surface area contributed by atoms with Crippen molar-refractivity contribution in [2.45, 2.75) is 39.4 Å². The van der Waals surface area contributed by atoms with Crippen molar-refractivity contribution < 1.29 is 9.47 Å². The Labute approximate surface area is 195 Å². The number of ether oxygens (including phenoxy) is 2. The molecule has 0 fully saturated rings. The Morgan fingerprint density at radius 3 is 2.33 bits per heavy atom. The molecule has 0 N–H and O–H groups in total. The van der Waals surface area contributed by atoms with Crippen molar-refractivity contribution >= 4 is 0 Å². The van der Waals surface area contributed by atoms with Gasteiger partial charge in [0.25, 0.3) is 0 Å². The fourth-order valence-electron chi connectivity index (χ4n) is 5.61. The molecule has 4 aromatic carbocycles. The molecule has 0 saturated heterocycles. The molecule has 2 nitrogen and oxygen atoms in total. The fourth-order valence-corrected chi connectivity index (χ4v) is 5.61. The lowest BCUT2D eigenvalue weighted by molar-refractivity contribution is 0.0554. The summed E-state index contributed by atoms with van der Waals surface area (Å²) in [4.78, 5) is 0. The lowest BCUT2D eigenvalue weighted by Crippen LogP contribution is -2.10. The van der Waals surface area contributed by atoms with Crippen LogP contribution in [0.1, 0.15) is 40.8 Å². The van der Waals surface area contributed by atoms with E-state index in [4.69, 9.17) is 9.47 Å². The maximum atomic E-state index is 6.46. The highest BCUT2D eigenvalue weighted by Crippen LogP contribution is 2.52. The van der Waals surface area contributed by atoms with Crippen LogP contribution in [-0.4, -0.2) is 7.11 Å². The lowest BCUT2D eigenvalue weighted by atomic mass is 9.75. The third-order valence-corrected chi connectivity index (χ3v) is 7.24. The van der Waals surface area contributed by atoms with Gasteiger partial charge in [-0.2, -0.15) is 0 Å². The van der Waals surface area contributed by atoms with Gasteiger partial charge in [0.05, 0.1) is 19.8 Å². The van der Waals surface area contributed by atoms with Crippen molar-refractivity contribution in [1.29, 1.82) is 0 Å². The molecule has 33 heavy (non-hydrogen) atoms. The summed E-state index contributed by atoms with van der Waals surface area (Å²) >= 11 is 0. The summed E-state index contributed by atoms with van der Waals surface area (Å²) in [5.41, 5.74) is 14.2. The van der Waals surface area contributed by atoms with Gasteiger partial charge in [0, 0.05) is 11.1 Å². The number of benzene rings is 4. The average molecular weight is 433 g/mol. The van der Waals surface area contributed by atoms with Gasteiger partial charge in [-0.3, -0.25) is 0 Å². The summed E-state index contributed by atoms with van der Waals surface area (Å²) in [5, 5.41) is 0. The molecule has 0 saturated carbocycles. The molecular weight excluding hydrogens is 404 g/mol. The summed E-state index contributed by atoms with van der Waals surface area (Å²) < 4.78 is 12.4. The van der Waals surface area contributed by atoms with Crippen LogP contribution >= 0.6 is 0 Å². The zero-order chi connectivity index (χ0) is 22.5. The number of fused-ring (bicyclic) bond motifs is 7. The zero-order valence-electron chi connectivity index (χ0n) is 19.4. The number of aryl methyl sites for hydroxylation is 3. The van der Waals surface area contributed by atoms with Crippen molar-refractivity contribution in [3.8, 4) is 39.1 Å². The lowest BCUT2D eigenvalue weighted by Gasteiger charge is -2.29. The van der Waals surface area contributed by atoms with Gasteiger partial charge in [0.15, 0.2) is 0 Å². The first-order chi connectivity index (χ1) is 16.2. The summed E-state index contributed by atoms with van der Waals surface area (Å²) in [6.45, 7) is 4.91. The maximum Gasteiger partial charge on any atom is 0.127 e. The monoisotopic (exact) mass is 432 g/mol. The first kappa shape index (κ1) is 20.3. The second-order valence-corrected chi connectivity index (χ2v) is 9.22. The first-order valence-corrected chi connectivity index (χ1v) is 11.8. The van der Waals surface area contributed by atoms with Crippen molar-refractivity contribution in [1.82, 2.24) is 0 Å². The van der Waals surface area contributed by atoms with E-state index in [0.717, 1.165) is 18.6 Å². The van der Waals surface area contributed by atoms with Gasteiger partial charge in [-0.25, -0.2) is 0 Å². The highest BCUT2D eigenvalue weighted by Gasteiger charge is 2.32. The van der Waals surface area contributed by atoms with E-state index in [1.165, 1.54) is 61.2 Å². The number of hydrogen-bond donors (Lipinski definition) is 0. The van der Waals surface area contributed by atoms with Gasteiger partial charge in [-0.15, -0.1) is 0 Å². The van der Waals surface area contributed by atoms with E-state index in [-0.39, 0.29) is 6.10 Å². The Hall–Kier alpha value is -3.36. The van der Waals surface area contributed by atoms with E-state index < -0.39 is 0 Å². The Bertz CT molecular complexity index is 1360.